The zero-order chi connectivity index (χ0) is 27.9. The third-order valence-corrected chi connectivity index (χ3v) is 10.4. The van der Waals surface area contributed by atoms with Crippen LogP contribution in [0.2, 0.25) is 0 Å². The van der Waals surface area contributed by atoms with Gasteiger partial charge in [-0.25, -0.2) is 13.1 Å². The molecule has 1 saturated heterocycles. The summed E-state index contributed by atoms with van der Waals surface area (Å²) in [5, 5.41) is 4.08. The summed E-state index contributed by atoms with van der Waals surface area (Å²) in [5.41, 5.74) is 1.73. The lowest BCUT2D eigenvalue weighted by Gasteiger charge is -2.37. The molecule has 5 aromatic rings. The molecular formula is C30H23BrF2N2O4S. The first-order valence-electron chi connectivity index (χ1n) is 12.5. The second kappa shape index (κ2) is 10.4. The number of nitrogens with zero attached hydrogens (tertiary/aromatic N) is 2. The van der Waals surface area contributed by atoms with E-state index in [1.54, 1.807) is 10.7 Å². The van der Waals surface area contributed by atoms with Gasteiger partial charge in [0.05, 0.1) is 33.5 Å². The van der Waals surface area contributed by atoms with E-state index in [-0.39, 0.29) is 33.8 Å². The van der Waals surface area contributed by atoms with Crippen LogP contribution >= 0.6 is 15.9 Å². The Morgan fingerprint density at radius 1 is 0.850 bits per heavy atom. The lowest BCUT2D eigenvalue weighted by Crippen LogP contribution is -2.40. The number of halogens is 3. The molecule has 0 spiro atoms. The number of sulfone groups is 1. The van der Waals surface area contributed by atoms with Crippen molar-refractivity contribution in [2.24, 2.45) is 0 Å². The molecule has 0 aliphatic carbocycles. The van der Waals surface area contributed by atoms with Crippen molar-refractivity contribution in [3.05, 3.63) is 124 Å². The molecule has 0 N–H and O–H groups in total. The average molecular weight is 625 g/mol. The fourth-order valence-electron chi connectivity index (χ4n) is 5.24. The molecule has 0 radical (unpaired) electrons. The molecule has 40 heavy (non-hydrogen) atoms. The quantitative estimate of drug-likeness (QED) is 0.187. The first-order valence-corrected chi connectivity index (χ1v) is 14.8. The molecule has 1 aromatic heterocycles. The number of fused-ring (bicyclic) bond motifs is 1. The van der Waals surface area contributed by atoms with Crippen LogP contribution in [0.3, 0.4) is 0 Å². The summed E-state index contributed by atoms with van der Waals surface area (Å²) < 4.78 is 66.0. The van der Waals surface area contributed by atoms with Crippen LogP contribution in [-0.2, 0) is 20.1 Å². The molecule has 0 unspecified atom stereocenters. The van der Waals surface area contributed by atoms with Gasteiger partial charge in [-0.1, -0.05) is 91.0 Å². The van der Waals surface area contributed by atoms with Crippen molar-refractivity contribution < 1.29 is 26.7 Å². The summed E-state index contributed by atoms with van der Waals surface area (Å²) in [6.07, 6.45) is 0. The van der Waals surface area contributed by atoms with Gasteiger partial charge in [0.2, 0.25) is 5.88 Å². The maximum Gasteiger partial charge on any atom is 0.388 e. The largest absolute Gasteiger partial charge is 0.415 e. The molecular weight excluding hydrogens is 602 g/mol. The fraction of sp³-hybridized carbons (Fsp3) is 0.167. The van der Waals surface area contributed by atoms with Gasteiger partial charge in [0.25, 0.3) is 0 Å². The van der Waals surface area contributed by atoms with E-state index in [0.29, 0.717) is 5.52 Å². The van der Waals surface area contributed by atoms with E-state index in [1.165, 1.54) is 6.07 Å². The fourth-order valence-corrected chi connectivity index (χ4v) is 7.94. The molecule has 0 bridgehead atoms. The summed E-state index contributed by atoms with van der Waals surface area (Å²) in [7, 11) is -3.80. The zero-order valence-electron chi connectivity index (χ0n) is 21.0. The van der Waals surface area contributed by atoms with Crippen LogP contribution in [0.5, 0.6) is 5.88 Å². The molecule has 1 aliphatic heterocycles. The van der Waals surface area contributed by atoms with E-state index in [2.05, 4.69) is 21.0 Å². The molecule has 1 fully saturated rings. The number of rotatable bonds is 8. The average Bonchev–Trinajstić information content (AvgIpc) is 3.28. The van der Waals surface area contributed by atoms with Crippen LogP contribution in [-0.4, -0.2) is 43.3 Å². The minimum atomic E-state index is -3.80. The van der Waals surface area contributed by atoms with Crippen molar-refractivity contribution in [2.45, 2.75) is 22.3 Å². The molecule has 6 rings (SSSR count). The summed E-state index contributed by atoms with van der Waals surface area (Å²) in [6.45, 7) is -3.03. The molecule has 204 valence electrons. The van der Waals surface area contributed by atoms with E-state index >= 15 is 0 Å². The molecule has 10 heteroatoms. The Kier molecular flexibility index (Phi) is 6.93. The zero-order valence-corrected chi connectivity index (χ0v) is 23.4. The number of ether oxygens (including phenoxy) is 2. The molecule has 4 aromatic carbocycles. The van der Waals surface area contributed by atoms with E-state index in [1.807, 2.05) is 91.0 Å². The van der Waals surface area contributed by atoms with Crippen LogP contribution in [0.25, 0.3) is 10.9 Å². The van der Waals surface area contributed by atoms with Gasteiger partial charge in [-0.2, -0.15) is 8.78 Å². The van der Waals surface area contributed by atoms with Gasteiger partial charge in [0.1, 0.15) is 10.8 Å². The Balaban J connectivity index is 1.74. The molecule has 0 saturated carbocycles. The predicted molar refractivity (Wildman–Crippen MR) is 150 cm³/mol. The summed E-state index contributed by atoms with van der Waals surface area (Å²) in [4.78, 5) is -0.0308. The number of alkyl halides is 2. The van der Waals surface area contributed by atoms with Crippen LogP contribution in [0.4, 0.5) is 8.78 Å². The molecule has 0 atom stereocenters. The van der Waals surface area contributed by atoms with E-state index in [9.17, 15) is 17.2 Å². The van der Waals surface area contributed by atoms with E-state index in [0.717, 1.165) is 16.7 Å². The van der Waals surface area contributed by atoms with Crippen molar-refractivity contribution in [2.75, 3.05) is 13.2 Å². The highest BCUT2D eigenvalue weighted by Gasteiger charge is 2.43. The minimum absolute atomic E-state index is 0.0308. The molecule has 6 nitrogen and oxygen atoms in total. The van der Waals surface area contributed by atoms with Gasteiger partial charge in [-0.15, -0.1) is 5.10 Å². The normalized spacial score (nSPS) is 14.4. The Morgan fingerprint density at radius 3 is 1.77 bits per heavy atom. The molecule has 2 heterocycles. The lowest BCUT2D eigenvalue weighted by atomic mass is 9.77. The Hall–Kier alpha value is -3.60. The van der Waals surface area contributed by atoms with E-state index in [4.69, 9.17) is 9.47 Å². The van der Waals surface area contributed by atoms with Gasteiger partial charge in [0.15, 0.2) is 9.84 Å². The first-order chi connectivity index (χ1) is 19.3. The smallest absolute Gasteiger partial charge is 0.388 e. The molecule has 1 aliphatic rings. The van der Waals surface area contributed by atoms with Crippen molar-refractivity contribution in [1.82, 2.24) is 9.78 Å². The van der Waals surface area contributed by atoms with Crippen molar-refractivity contribution in [1.29, 1.82) is 0 Å². The Morgan fingerprint density at radius 2 is 1.35 bits per heavy atom. The third-order valence-electron chi connectivity index (χ3n) is 7.16. The minimum Gasteiger partial charge on any atom is -0.415 e. The van der Waals surface area contributed by atoms with Gasteiger partial charge in [-0.05, 0) is 44.8 Å². The van der Waals surface area contributed by atoms with Crippen LogP contribution in [0.15, 0.2) is 112 Å². The maximum absolute atomic E-state index is 13.8. The second-order valence-electron chi connectivity index (χ2n) is 9.38. The van der Waals surface area contributed by atoms with Crippen molar-refractivity contribution in [3.8, 4) is 5.88 Å². The number of aromatic nitrogens is 2. The topological polar surface area (TPSA) is 70.4 Å². The van der Waals surface area contributed by atoms with Gasteiger partial charge >= 0.3 is 6.61 Å². The van der Waals surface area contributed by atoms with Gasteiger partial charge in [0, 0.05) is 0 Å². The van der Waals surface area contributed by atoms with Crippen LogP contribution in [0.1, 0.15) is 16.7 Å². The Labute approximate surface area is 238 Å². The number of hydrogen-bond acceptors (Lipinski definition) is 5. The number of benzene rings is 4. The van der Waals surface area contributed by atoms with Gasteiger partial charge in [-0.3, -0.25) is 0 Å². The van der Waals surface area contributed by atoms with Crippen LogP contribution < -0.4 is 4.74 Å². The standard InChI is InChI=1S/C30H23BrF2N2O4S/c31-27-25(40(36,37)23-18-38-19-23)17-16-24-26(27)28(39-29(32)33)34-35(24)30(20-10-4-1-5-11-20,21-12-6-2-7-13-21)22-14-8-3-9-15-22/h1-17,23,29H,18-19H2. The summed E-state index contributed by atoms with van der Waals surface area (Å²) in [6, 6.07) is 31.9. The monoisotopic (exact) mass is 624 g/mol. The molecule has 0 amide bonds. The van der Waals surface area contributed by atoms with Crippen LogP contribution in [0, 0.1) is 0 Å². The Bertz CT molecular complexity index is 1670. The highest BCUT2D eigenvalue weighted by Crippen LogP contribution is 2.46. The third kappa shape index (κ3) is 4.22. The van der Waals surface area contributed by atoms with Gasteiger partial charge < -0.3 is 9.47 Å². The summed E-state index contributed by atoms with van der Waals surface area (Å²) >= 11 is 3.43. The number of hydrogen-bond donors (Lipinski definition) is 0. The highest BCUT2D eigenvalue weighted by atomic mass is 79.9. The highest BCUT2D eigenvalue weighted by molar-refractivity contribution is 9.10. The SMILES string of the molecule is O=S(=O)(c1ccc2c(c(OC(F)F)nn2C(c2ccccc2)(c2ccccc2)c2ccccc2)c1Br)C1COC1. The first kappa shape index (κ1) is 26.6. The summed E-state index contributed by atoms with van der Waals surface area (Å²) in [5.74, 6) is -0.383. The second-order valence-corrected chi connectivity index (χ2v) is 12.4. The van der Waals surface area contributed by atoms with Crippen molar-refractivity contribution in [3.63, 3.8) is 0 Å². The predicted octanol–water partition coefficient (Wildman–Crippen LogP) is 6.41. The van der Waals surface area contributed by atoms with Crippen molar-refractivity contribution >= 4 is 36.7 Å². The maximum atomic E-state index is 13.8. The lowest BCUT2D eigenvalue weighted by molar-refractivity contribution is -0.0524. The van der Waals surface area contributed by atoms with E-state index < -0.39 is 27.2 Å².